The van der Waals surface area contributed by atoms with Crippen molar-refractivity contribution in [2.75, 3.05) is 6.61 Å². The highest BCUT2D eigenvalue weighted by atomic mass is 16.7. The molecule has 0 saturated carbocycles. The molecule has 0 heterocycles. The van der Waals surface area contributed by atoms with E-state index in [1.165, 1.54) is 0 Å². The van der Waals surface area contributed by atoms with E-state index in [9.17, 15) is 9.59 Å². The molecule has 18 heavy (non-hydrogen) atoms. The number of rotatable bonds is 5. The zero-order valence-electron chi connectivity index (χ0n) is 10.9. The monoisotopic (exact) mass is 252 g/mol. The van der Waals surface area contributed by atoms with E-state index >= 15 is 0 Å². The van der Waals surface area contributed by atoms with Gasteiger partial charge in [-0.15, -0.1) is 0 Å². The van der Waals surface area contributed by atoms with Gasteiger partial charge in [-0.25, -0.2) is 4.79 Å². The molecule has 0 unspecified atom stereocenters. The van der Waals surface area contributed by atoms with Crippen molar-refractivity contribution in [3.8, 4) is 0 Å². The topological polar surface area (TPSA) is 63.6 Å². The zero-order chi connectivity index (χ0) is 13.8. The van der Waals surface area contributed by atoms with Gasteiger partial charge in [0.2, 0.25) is 0 Å². The van der Waals surface area contributed by atoms with Gasteiger partial charge in [-0.3, -0.25) is 4.79 Å². The number of ketones is 1. The fourth-order valence-electron chi connectivity index (χ4n) is 1.13. The van der Waals surface area contributed by atoms with Crippen LogP contribution in [-0.2, 0) is 4.74 Å². The van der Waals surface area contributed by atoms with E-state index in [2.05, 4.69) is 4.74 Å². The van der Waals surface area contributed by atoms with E-state index in [0.29, 0.717) is 13.0 Å². The predicted molar refractivity (Wildman–Crippen MR) is 69.9 cm³/mol. The third-order valence-electron chi connectivity index (χ3n) is 2.14. The second-order valence-electron chi connectivity index (χ2n) is 3.61. The van der Waals surface area contributed by atoms with Gasteiger partial charge in [0.1, 0.15) is 0 Å². The van der Waals surface area contributed by atoms with Gasteiger partial charge in [0.25, 0.3) is 0 Å². The molecule has 1 N–H and O–H groups in total. The summed E-state index contributed by atoms with van der Waals surface area (Å²) in [5.74, 6) is 0.209. The average Bonchev–Trinajstić information content (AvgIpc) is 2.39. The van der Waals surface area contributed by atoms with Crippen LogP contribution in [0.3, 0.4) is 0 Å². The highest BCUT2D eigenvalue weighted by Crippen LogP contribution is 2.01. The second-order valence-corrected chi connectivity index (χ2v) is 3.61. The first-order valence-corrected chi connectivity index (χ1v) is 6.05. The Morgan fingerprint density at radius 1 is 1.17 bits per heavy atom. The maximum atomic E-state index is 11.0. The Kier molecular flexibility index (Phi) is 9.27. The van der Waals surface area contributed by atoms with E-state index in [1.807, 2.05) is 44.2 Å². The van der Waals surface area contributed by atoms with Gasteiger partial charge in [-0.1, -0.05) is 50.6 Å². The highest BCUT2D eigenvalue weighted by molar-refractivity contribution is 5.95. The van der Waals surface area contributed by atoms with Gasteiger partial charge in [0, 0.05) is 12.0 Å². The van der Waals surface area contributed by atoms with Gasteiger partial charge >= 0.3 is 6.16 Å². The highest BCUT2D eigenvalue weighted by Gasteiger charge is 1.98. The van der Waals surface area contributed by atoms with Crippen LogP contribution in [0.2, 0.25) is 0 Å². The van der Waals surface area contributed by atoms with Crippen molar-refractivity contribution in [3.05, 3.63) is 35.9 Å². The minimum absolute atomic E-state index is 0.209. The molecule has 0 aliphatic heterocycles. The molecular formula is C14H20O4. The van der Waals surface area contributed by atoms with Gasteiger partial charge in [-0.05, 0) is 6.42 Å². The Hall–Kier alpha value is -1.84. The maximum absolute atomic E-state index is 11.0. The number of hydrogen-bond donors (Lipinski definition) is 1. The second kappa shape index (κ2) is 10.3. The Morgan fingerprint density at radius 2 is 1.78 bits per heavy atom. The molecule has 0 fully saturated rings. The van der Waals surface area contributed by atoms with E-state index in [-0.39, 0.29) is 5.78 Å². The van der Waals surface area contributed by atoms with Crippen LogP contribution in [-0.4, -0.2) is 23.7 Å². The number of carbonyl (C=O) groups is 2. The van der Waals surface area contributed by atoms with E-state index in [0.717, 1.165) is 18.4 Å². The van der Waals surface area contributed by atoms with Crippen molar-refractivity contribution < 1.29 is 19.4 Å². The number of carboxylic acid groups (broad SMARTS) is 1. The molecule has 1 aromatic carbocycles. The summed E-state index contributed by atoms with van der Waals surface area (Å²) >= 11 is 0. The van der Waals surface area contributed by atoms with Crippen LogP contribution < -0.4 is 0 Å². The molecule has 0 radical (unpaired) electrons. The van der Waals surface area contributed by atoms with Crippen LogP contribution >= 0.6 is 0 Å². The molecule has 4 nitrogen and oxygen atoms in total. The first kappa shape index (κ1) is 16.2. The van der Waals surface area contributed by atoms with Crippen molar-refractivity contribution >= 4 is 11.9 Å². The molecule has 0 amide bonds. The molecular weight excluding hydrogens is 232 g/mol. The van der Waals surface area contributed by atoms with Gasteiger partial charge in [0.15, 0.2) is 5.78 Å². The number of hydrogen-bond acceptors (Lipinski definition) is 3. The summed E-state index contributed by atoms with van der Waals surface area (Å²) in [4.78, 5) is 20.7. The molecule has 4 heteroatoms. The largest absolute Gasteiger partial charge is 0.505 e. The van der Waals surface area contributed by atoms with Gasteiger partial charge in [0.05, 0.1) is 6.61 Å². The lowest BCUT2D eigenvalue weighted by molar-refractivity contribution is 0.0904. The first-order valence-electron chi connectivity index (χ1n) is 6.05. The molecule has 100 valence electrons. The fourth-order valence-corrected chi connectivity index (χ4v) is 1.13. The summed E-state index contributed by atoms with van der Waals surface area (Å²) in [6.45, 7) is 4.17. The van der Waals surface area contributed by atoms with E-state index < -0.39 is 6.16 Å². The minimum Gasteiger partial charge on any atom is -0.450 e. The number of unbranched alkanes of at least 4 members (excludes halogenated alkanes) is 1. The number of carbonyl (C=O) groups excluding carboxylic acids is 1. The lowest BCUT2D eigenvalue weighted by atomic mass is 10.1. The molecule has 1 rings (SSSR count). The van der Waals surface area contributed by atoms with Crippen molar-refractivity contribution in [1.82, 2.24) is 0 Å². The normalized spacial score (nSPS) is 9.00. The maximum Gasteiger partial charge on any atom is 0.505 e. The van der Waals surface area contributed by atoms with Crippen LogP contribution in [0.1, 0.15) is 43.5 Å². The molecule has 1 aromatic rings. The average molecular weight is 252 g/mol. The molecule has 0 saturated heterocycles. The predicted octanol–water partition coefficient (Wildman–Crippen LogP) is 3.76. The van der Waals surface area contributed by atoms with Crippen LogP contribution in [0.15, 0.2) is 30.3 Å². The Bertz CT molecular complexity index is 346. The minimum atomic E-state index is -1.18. The van der Waals surface area contributed by atoms with Crippen LogP contribution in [0.25, 0.3) is 0 Å². The lowest BCUT2D eigenvalue weighted by Gasteiger charge is -1.94. The molecule has 0 bridgehead atoms. The van der Waals surface area contributed by atoms with Crippen LogP contribution in [0.5, 0.6) is 0 Å². The molecule has 0 aromatic heterocycles. The summed E-state index contributed by atoms with van der Waals surface area (Å²) in [6, 6.07) is 9.34. The number of benzene rings is 1. The zero-order valence-corrected chi connectivity index (χ0v) is 10.9. The Balaban J connectivity index is 0.000000331. The van der Waals surface area contributed by atoms with Crippen molar-refractivity contribution in [1.29, 1.82) is 0 Å². The fraction of sp³-hybridized carbons (Fsp3) is 0.429. The van der Waals surface area contributed by atoms with Crippen molar-refractivity contribution in [2.24, 2.45) is 0 Å². The SMILES string of the molecule is CCC(=O)c1ccccc1.CCCCOC(=O)O. The van der Waals surface area contributed by atoms with Crippen LogP contribution in [0, 0.1) is 0 Å². The standard InChI is InChI=1S/C9H10O.C5H10O3/c1-2-9(10)8-6-4-3-5-7-8;1-2-3-4-8-5(6)7/h3-7H,2H2,1H3;2-4H2,1H3,(H,6,7). The summed E-state index contributed by atoms with van der Waals surface area (Å²) in [5, 5.41) is 7.92. The Morgan fingerprint density at radius 3 is 2.22 bits per heavy atom. The third-order valence-corrected chi connectivity index (χ3v) is 2.14. The summed E-state index contributed by atoms with van der Waals surface area (Å²) in [5.41, 5.74) is 0.810. The molecule has 0 aliphatic rings. The van der Waals surface area contributed by atoms with E-state index in [4.69, 9.17) is 5.11 Å². The van der Waals surface area contributed by atoms with Gasteiger partial charge < -0.3 is 9.84 Å². The number of Topliss-reactive ketones (excluding diaryl/α,β-unsaturated/α-hetero) is 1. The number of ether oxygens (including phenoxy) is 1. The molecule has 0 spiro atoms. The smallest absolute Gasteiger partial charge is 0.450 e. The van der Waals surface area contributed by atoms with E-state index in [1.54, 1.807) is 0 Å². The molecule has 0 atom stereocenters. The molecule has 0 aliphatic carbocycles. The third kappa shape index (κ3) is 8.33. The van der Waals surface area contributed by atoms with Crippen molar-refractivity contribution in [3.63, 3.8) is 0 Å². The Labute approximate surface area is 108 Å². The lowest BCUT2D eigenvalue weighted by Crippen LogP contribution is -2.00. The quantitative estimate of drug-likeness (QED) is 0.492. The first-order chi connectivity index (χ1) is 8.61. The van der Waals surface area contributed by atoms with Gasteiger partial charge in [-0.2, -0.15) is 0 Å². The van der Waals surface area contributed by atoms with Crippen LogP contribution in [0.4, 0.5) is 4.79 Å². The van der Waals surface area contributed by atoms with Crippen molar-refractivity contribution in [2.45, 2.75) is 33.1 Å². The summed E-state index contributed by atoms with van der Waals surface area (Å²) < 4.78 is 4.20. The summed E-state index contributed by atoms with van der Waals surface area (Å²) in [7, 11) is 0. The summed E-state index contributed by atoms with van der Waals surface area (Å²) in [6.07, 6.45) is 1.18.